The van der Waals surface area contributed by atoms with Gasteiger partial charge in [0.2, 0.25) is 0 Å². The van der Waals surface area contributed by atoms with Crippen molar-refractivity contribution in [2.75, 3.05) is 5.73 Å². The minimum Gasteiger partial charge on any atom is -0.478 e. The number of carbonyl (C=O) groups is 1. The van der Waals surface area contributed by atoms with Crippen molar-refractivity contribution in [1.29, 1.82) is 0 Å². The third kappa shape index (κ3) is 2.00. The lowest BCUT2D eigenvalue weighted by atomic mass is 10.0. The van der Waals surface area contributed by atoms with Crippen molar-refractivity contribution in [2.24, 2.45) is 0 Å². The number of hydrogen-bond donors (Lipinski definition) is 2. The molecule has 2 aromatic rings. The van der Waals surface area contributed by atoms with Gasteiger partial charge in [-0.15, -0.1) is 0 Å². The number of aromatic nitrogens is 1. The van der Waals surface area contributed by atoms with Gasteiger partial charge in [-0.3, -0.25) is 4.98 Å². The van der Waals surface area contributed by atoms with Crippen molar-refractivity contribution in [3.63, 3.8) is 0 Å². The number of nitrogens with two attached hydrogens (primary N) is 1. The summed E-state index contributed by atoms with van der Waals surface area (Å²) in [5.74, 6) is -0.988. The Balaban J connectivity index is 2.54. The van der Waals surface area contributed by atoms with Gasteiger partial charge >= 0.3 is 5.97 Å². The van der Waals surface area contributed by atoms with E-state index in [0.717, 1.165) is 11.1 Å². The molecular formula is C12H10N2O2. The molecule has 0 bridgehead atoms. The number of aromatic carboxylic acids is 1. The van der Waals surface area contributed by atoms with Gasteiger partial charge in [0.25, 0.3) is 0 Å². The Morgan fingerprint density at radius 2 is 2.06 bits per heavy atom. The molecule has 0 saturated heterocycles. The summed E-state index contributed by atoms with van der Waals surface area (Å²) in [6.07, 6.45) is 3.33. The van der Waals surface area contributed by atoms with E-state index in [1.54, 1.807) is 30.6 Å². The van der Waals surface area contributed by atoms with E-state index >= 15 is 0 Å². The van der Waals surface area contributed by atoms with Crippen LogP contribution < -0.4 is 5.73 Å². The van der Waals surface area contributed by atoms with Gasteiger partial charge in [0.1, 0.15) is 0 Å². The number of rotatable bonds is 2. The van der Waals surface area contributed by atoms with E-state index in [1.807, 2.05) is 6.07 Å². The molecule has 1 aromatic carbocycles. The van der Waals surface area contributed by atoms with E-state index in [1.165, 1.54) is 6.07 Å². The first-order chi connectivity index (χ1) is 7.66. The van der Waals surface area contributed by atoms with Crippen LogP contribution in [0.5, 0.6) is 0 Å². The molecule has 0 amide bonds. The van der Waals surface area contributed by atoms with Crippen molar-refractivity contribution in [2.45, 2.75) is 0 Å². The summed E-state index contributed by atoms with van der Waals surface area (Å²) in [5.41, 5.74) is 7.86. The molecule has 2 rings (SSSR count). The largest absolute Gasteiger partial charge is 0.478 e. The number of hydrogen-bond acceptors (Lipinski definition) is 3. The number of pyridine rings is 1. The first-order valence-corrected chi connectivity index (χ1v) is 4.71. The fourth-order valence-corrected chi connectivity index (χ4v) is 1.48. The molecule has 80 valence electrons. The van der Waals surface area contributed by atoms with Gasteiger partial charge in [-0.2, -0.15) is 0 Å². The van der Waals surface area contributed by atoms with Crippen molar-refractivity contribution in [3.05, 3.63) is 48.3 Å². The molecule has 16 heavy (non-hydrogen) atoms. The zero-order valence-electron chi connectivity index (χ0n) is 8.42. The second-order valence-corrected chi connectivity index (χ2v) is 3.39. The van der Waals surface area contributed by atoms with Crippen LogP contribution in [0.15, 0.2) is 42.7 Å². The second-order valence-electron chi connectivity index (χ2n) is 3.39. The Morgan fingerprint density at radius 3 is 2.69 bits per heavy atom. The summed E-state index contributed by atoms with van der Waals surface area (Å²) >= 11 is 0. The Morgan fingerprint density at radius 1 is 1.25 bits per heavy atom. The normalized spacial score (nSPS) is 10.0. The van der Waals surface area contributed by atoms with Crippen LogP contribution in [-0.4, -0.2) is 16.1 Å². The highest BCUT2D eigenvalue weighted by Gasteiger charge is 2.06. The number of carboxylic acid groups (broad SMARTS) is 1. The van der Waals surface area contributed by atoms with Gasteiger partial charge in [0.05, 0.1) is 5.56 Å². The summed E-state index contributed by atoms with van der Waals surface area (Å²) in [7, 11) is 0. The predicted octanol–water partition coefficient (Wildman–Crippen LogP) is 2.03. The van der Waals surface area contributed by atoms with Crippen LogP contribution in [-0.2, 0) is 0 Å². The fraction of sp³-hybridized carbons (Fsp3) is 0. The summed E-state index contributed by atoms with van der Waals surface area (Å²) < 4.78 is 0. The maximum absolute atomic E-state index is 10.9. The Hall–Kier alpha value is -2.36. The van der Waals surface area contributed by atoms with Crippen molar-refractivity contribution in [3.8, 4) is 11.1 Å². The van der Waals surface area contributed by atoms with Crippen LogP contribution in [0.25, 0.3) is 11.1 Å². The Bertz CT molecular complexity index is 524. The molecule has 1 heterocycles. The topological polar surface area (TPSA) is 76.2 Å². The quantitative estimate of drug-likeness (QED) is 0.750. The van der Waals surface area contributed by atoms with Gasteiger partial charge in [0.15, 0.2) is 0 Å². The fourth-order valence-electron chi connectivity index (χ4n) is 1.48. The minimum atomic E-state index is -0.988. The van der Waals surface area contributed by atoms with E-state index in [4.69, 9.17) is 10.8 Å². The highest BCUT2D eigenvalue weighted by Crippen LogP contribution is 2.22. The smallest absolute Gasteiger partial charge is 0.335 e. The lowest BCUT2D eigenvalue weighted by molar-refractivity contribution is 0.0697. The summed E-state index contributed by atoms with van der Waals surface area (Å²) in [6.45, 7) is 0. The Labute approximate surface area is 92.4 Å². The zero-order chi connectivity index (χ0) is 11.5. The number of carboxylic acids is 1. The molecule has 4 nitrogen and oxygen atoms in total. The highest BCUT2D eigenvalue weighted by atomic mass is 16.4. The van der Waals surface area contributed by atoms with Crippen LogP contribution in [0, 0.1) is 0 Å². The lowest BCUT2D eigenvalue weighted by Crippen LogP contribution is -1.98. The molecule has 0 aliphatic carbocycles. The van der Waals surface area contributed by atoms with E-state index in [-0.39, 0.29) is 5.56 Å². The molecule has 0 fully saturated rings. The predicted molar refractivity (Wildman–Crippen MR) is 61.0 cm³/mol. The first kappa shape index (κ1) is 10.2. The molecule has 4 heteroatoms. The van der Waals surface area contributed by atoms with Crippen LogP contribution in [0.1, 0.15) is 10.4 Å². The number of anilines is 1. The molecule has 1 aromatic heterocycles. The standard InChI is InChI=1S/C12H10N2O2/c13-11-5-9(4-10(6-11)12(15)16)8-2-1-3-14-7-8/h1-7H,13H2,(H,15,16). The van der Waals surface area contributed by atoms with Gasteiger partial charge in [-0.05, 0) is 29.8 Å². The Kier molecular flexibility index (Phi) is 2.55. The third-order valence-electron chi connectivity index (χ3n) is 2.20. The van der Waals surface area contributed by atoms with E-state index in [0.29, 0.717) is 5.69 Å². The number of nitrogen functional groups attached to an aromatic ring is 1. The zero-order valence-corrected chi connectivity index (χ0v) is 8.42. The van der Waals surface area contributed by atoms with E-state index in [2.05, 4.69) is 4.98 Å². The monoisotopic (exact) mass is 214 g/mol. The summed E-state index contributed by atoms with van der Waals surface area (Å²) in [5, 5.41) is 8.91. The average Bonchev–Trinajstić information content (AvgIpc) is 2.29. The maximum atomic E-state index is 10.9. The van der Waals surface area contributed by atoms with Crippen LogP contribution in [0.4, 0.5) is 5.69 Å². The number of nitrogens with zero attached hydrogens (tertiary/aromatic N) is 1. The molecule has 0 spiro atoms. The maximum Gasteiger partial charge on any atom is 0.335 e. The van der Waals surface area contributed by atoms with Crippen LogP contribution in [0.2, 0.25) is 0 Å². The van der Waals surface area contributed by atoms with Crippen molar-refractivity contribution < 1.29 is 9.90 Å². The minimum absolute atomic E-state index is 0.179. The lowest BCUT2D eigenvalue weighted by Gasteiger charge is -2.04. The molecule has 0 radical (unpaired) electrons. The SMILES string of the molecule is Nc1cc(C(=O)O)cc(-c2cccnc2)c1. The van der Waals surface area contributed by atoms with E-state index in [9.17, 15) is 4.79 Å². The van der Waals surface area contributed by atoms with Crippen LogP contribution in [0.3, 0.4) is 0 Å². The summed E-state index contributed by atoms with van der Waals surface area (Å²) in [4.78, 5) is 14.8. The van der Waals surface area contributed by atoms with Crippen LogP contribution >= 0.6 is 0 Å². The molecule has 0 atom stereocenters. The third-order valence-corrected chi connectivity index (χ3v) is 2.20. The molecule has 3 N–H and O–H groups in total. The van der Waals surface area contributed by atoms with E-state index < -0.39 is 5.97 Å². The molecule has 0 aliphatic heterocycles. The second kappa shape index (κ2) is 4.02. The first-order valence-electron chi connectivity index (χ1n) is 4.71. The van der Waals surface area contributed by atoms with Crippen molar-refractivity contribution >= 4 is 11.7 Å². The molecule has 0 unspecified atom stereocenters. The molecule has 0 aliphatic rings. The van der Waals surface area contributed by atoms with Crippen molar-refractivity contribution in [1.82, 2.24) is 4.98 Å². The highest BCUT2D eigenvalue weighted by molar-refractivity contribution is 5.91. The molecule has 0 saturated carbocycles. The summed E-state index contributed by atoms with van der Waals surface area (Å²) in [6, 6.07) is 8.38. The van der Waals surface area contributed by atoms with Gasteiger partial charge in [0, 0.05) is 23.6 Å². The van der Waals surface area contributed by atoms with Gasteiger partial charge in [-0.25, -0.2) is 4.79 Å². The van der Waals surface area contributed by atoms with Gasteiger partial charge in [-0.1, -0.05) is 6.07 Å². The molecular weight excluding hydrogens is 204 g/mol. The average molecular weight is 214 g/mol. The van der Waals surface area contributed by atoms with Gasteiger partial charge < -0.3 is 10.8 Å². The number of benzene rings is 1.